The topological polar surface area (TPSA) is 59.8 Å². The lowest BCUT2D eigenvalue weighted by molar-refractivity contribution is 0.0951. The Morgan fingerprint density at radius 3 is 2.70 bits per heavy atom. The number of benzene rings is 2. The second-order valence-corrected chi connectivity index (χ2v) is 6.30. The van der Waals surface area contributed by atoms with Crippen molar-refractivity contribution in [3.63, 3.8) is 0 Å². The van der Waals surface area contributed by atoms with Crippen LogP contribution in [0.25, 0.3) is 0 Å². The smallest absolute Gasteiger partial charge is 0.251 e. The summed E-state index contributed by atoms with van der Waals surface area (Å²) in [5, 5.41) is 7.10. The largest absolute Gasteiger partial charge is 0.348 e. The molecule has 5 nitrogen and oxygen atoms in total. The zero-order valence-corrected chi connectivity index (χ0v) is 14.5. The van der Waals surface area contributed by atoms with Crippen LogP contribution in [0.15, 0.2) is 61.2 Å². The molecule has 0 aliphatic carbocycles. The Balaban J connectivity index is 1.69. The third-order valence-electron chi connectivity index (χ3n) is 3.44. The molecular formula is C17H15IN4O. The number of nitrogens with zero attached hydrogens (tertiary/aromatic N) is 3. The maximum Gasteiger partial charge on any atom is 0.251 e. The van der Waals surface area contributed by atoms with Gasteiger partial charge in [-0.25, -0.2) is 9.67 Å². The minimum absolute atomic E-state index is 0.0703. The molecule has 0 saturated carbocycles. The molecule has 0 spiro atoms. The summed E-state index contributed by atoms with van der Waals surface area (Å²) in [4.78, 5) is 16.2. The molecule has 0 fully saturated rings. The van der Waals surface area contributed by atoms with Gasteiger partial charge in [-0.1, -0.05) is 30.3 Å². The molecular weight excluding hydrogens is 403 g/mol. The summed E-state index contributed by atoms with van der Waals surface area (Å²) >= 11 is 2.20. The van der Waals surface area contributed by atoms with Gasteiger partial charge in [0.15, 0.2) is 0 Å². The van der Waals surface area contributed by atoms with E-state index in [2.05, 4.69) is 38.0 Å². The van der Waals surface area contributed by atoms with Gasteiger partial charge in [-0.05, 0) is 51.9 Å². The van der Waals surface area contributed by atoms with E-state index in [1.807, 2.05) is 48.5 Å². The molecule has 3 rings (SSSR count). The molecule has 1 heterocycles. The predicted octanol–water partition coefficient (Wildman–Crippen LogP) is 2.86. The van der Waals surface area contributed by atoms with Crippen molar-refractivity contribution in [2.75, 3.05) is 0 Å². The number of halogens is 1. The van der Waals surface area contributed by atoms with Crippen LogP contribution in [0.3, 0.4) is 0 Å². The van der Waals surface area contributed by atoms with E-state index < -0.39 is 0 Å². The lowest BCUT2D eigenvalue weighted by Crippen LogP contribution is -2.23. The fraction of sp³-hybridized carbons (Fsp3) is 0.118. The standard InChI is InChI=1S/C17H15IN4O/c18-16-7-3-6-13(8-16)17(23)20-9-14-4-1-2-5-15(14)10-22-12-19-11-21-22/h1-8,11-12H,9-10H2,(H,20,23). The summed E-state index contributed by atoms with van der Waals surface area (Å²) < 4.78 is 2.81. The Hall–Kier alpha value is -2.22. The van der Waals surface area contributed by atoms with Gasteiger partial charge in [0.2, 0.25) is 0 Å². The Morgan fingerprint density at radius 1 is 1.13 bits per heavy atom. The highest BCUT2D eigenvalue weighted by Crippen LogP contribution is 2.11. The van der Waals surface area contributed by atoms with Gasteiger partial charge in [-0.3, -0.25) is 4.79 Å². The number of rotatable bonds is 5. The van der Waals surface area contributed by atoms with Crippen LogP contribution in [0, 0.1) is 3.57 Å². The molecule has 1 N–H and O–H groups in total. The number of aromatic nitrogens is 3. The molecule has 23 heavy (non-hydrogen) atoms. The molecule has 0 saturated heterocycles. The van der Waals surface area contributed by atoms with Crippen LogP contribution in [0.4, 0.5) is 0 Å². The highest BCUT2D eigenvalue weighted by Gasteiger charge is 2.08. The molecule has 116 valence electrons. The third kappa shape index (κ3) is 4.16. The zero-order valence-electron chi connectivity index (χ0n) is 12.3. The number of hydrogen-bond acceptors (Lipinski definition) is 3. The summed E-state index contributed by atoms with van der Waals surface area (Å²) in [6, 6.07) is 15.5. The molecule has 2 aromatic carbocycles. The fourth-order valence-corrected chi connectivity index (χ4v) is 2.82. The molecule has 0 radical (unpaired) electrons. The first kappa shape index (κ1) is 15.7. The fourth-order valence-electron chi connectivity index (χ4n) is 2.28. The number of hydrogen-bond donors (Lipinski definition) is 1. The number of carbonyl (C=O) groups is 1. The van der Waals surface area contributed by atoms with Crippen molar-refractivity contribution < 1.29 is 4.79 Å². The van der Waals surface area contributed by atoms with Crippen molar-refractivity contribution in [1.82, 2.24) is 20.1 Å². The quantitative estimate of drug-likeness (QED) is 0.649. The maximum absolute atomic E-state index is 12.3. The summed E-state index contributed by atoms with van der Waals surface area (Å²) in [6.07, 6.45) is 3.20. The lowest BCUT2D eigenvalue weighted by Gasteiger charge is -2.11. The SMILES string of the molecule is O=C(NCc1ccccc1Cn1cncn1)c1cccc(I)c1. The predicted molar refractivity (Wildman–Crippen MR) is 95.9 cm³/mol. The van der Waals surface area contributed by atoms with E-state index in [1.165, 1.54) is 6.33 Å². The number of amides is 1. The second kappa shape index (κ2) is 7.36. The summed E-state index contributed by atoms with van der Waals surface area (Å²) in [5.74, 6) is -0.0703. The van der Waals surface area contributed by atoms with Crippen LogP contribution in [0.5, 0.6) is 0 Å². The number of carbonyl (C=O) groups excluding carboxylic acids is 1. The van der Waals surface area contributed by atoms with Crippen molar-refractivity contribution in [3.05, 3.63) is 81.4 Å². The molecule has 0 unspecified atom stereocenters. The average Bonchev–Trinajstić information content (AvgIpc) is 3.07. The molecule has 6 heteroatoms. The molecule has 0 aliphatic heterocycles. The Kier molecular flexibility index (Phi) is 5.02. The van der Waals surface area contributed by atoms with E-state index in [0.29, 0.717) is 18.7 Å². The molecule has 1 amide bonds. The Labute approximate surface area is 147 Å². The minimum Gasteiger partial charge on any atom is -0.348 e. The average molecular weight is 418 g/mol. The highest BCUT2D eigenvalue weighted by molar-refractivity contribution is 14.1. The number of nitrogens with one attached hydrogen (secondary N) is 1. The molecule has 3 aromatic rings. The van der Waals surface area contributed by atoms with E-state index in [-0.39, 0.29) is 5.91 Å². The van der Waals surface area contributed by atoms with E-state index in [9.17, 15) is 4.79 Å². The molecule has 0 aliphatic rings. The van der Waals surface area contributed by atoms with Gasteiger partial charge in [-0.15, -0.1) is 0 Å². The van der Waals surface area contributed by atoms with Crippen LogP contribution < -0.4 is 5.32 Å². The maximum atomic E-state index is 12.3. The van der Waals surface area contributed by atoms with Gasteiger partial charge in [0.05, 0.1) is 6.54 Å². The molecule has 1 aromatic heterocycles. The van der Waals surface area contributed by atoms with Crippen LogP contribution in [-0.4, -0.2) is 20.7 Å². The normalized spacial score (nSPS) is 10.5. The van der Waals surface area contributed by atoms with Gasteiger partial charge in [-0.2, -0.15) is 5.10 Å². The van der Waals surface area contributed by atoms with Crippen molar-refractivity contribution in [3.8, 4) is 0 Å². The van der Waals surface area contributed by atoms with E-state index >= 15 is 0 Å². The summed E-state index contributed by atoms with van der Waals surface area (Å²) in [6.45, 7) is 1.12. The molecule has 0 bridgehead atoms. The van der Waals surface area contributed by atoms with Crippen LogP contribution >= 0.6 is 22.6 Å². The monoisotopic (exact) mass is 418 g/mol. The van der Waals surface area contributed by atoms with Crippen LogP contribution in [0.1, 0.15) is 21.5 Å². The van der Waals surface area contributed by atoms with E-state index in [1.54, 1.807) is 11.0 Å². The zero-order chi connectivity index (χ0) is 16.1. The van der Waals surface area contributed by atoms with Crippen molar-refractivity contribution in [1.29, 1.82) is 0 Å². The summed E-state index contributed by atoms with van der Waals surface area (Å²) in [7, 11) is 0. The van der Waals surface area contributed by atoms with Crippen LogP contribution in [-0.2, 0) is 13.1 Å². The highest BCUT2D eigenvalue weighted by atomic mass is 127. The first-order valence-electron chi connectivity index (χ1n) is 7.15. The van der Waals surface area contributed by atoms with E-state index in [4.69, 9.17) is 0 Å². The lowest BCUT2D eigenvalue weighted by atomic mass is 10.1. The molecule has 0 atom stereocenters. The second-order valence-electron chi connectivity index (χ2n) is 5.05. The first-order valence-corrected chi connectivity index (χ1v) is 8.23. The van der Waals surface area contributed by atoms with Gasteiger partial charge < -0.3 is 5.32 Å². The Morgan fingerprint density at radius 2 is 1.96 bits per heavy atom. The van der Waals surface area contributed by atoms with Crippen molar-refractivity contribution in [2.24, 2.45) is 0 Å². The first-order chi connectivity index (χ1) is 11.2. The van der Waals surface area contributed by atoms with Crippen molar-refractivity contribution >= 4 is 28.5 Å². The summed E-state index contributed by atoms with van der Waals surface area (Å²) in [5.41, 5.74) is 2.86. The van der Waals surface area contributed by atoms with Gasteiger partial charge in [0.1, 0.15) is 12.7 Å². The van der Waals surface area contributed by atoms with Gasteiger partial charge >= 0.3 is 0 Å². The van der Waals surface area contributed by atoms with E-state index in [0.717, 1.165) is 14.7 Å². The third-order valence-corrected chi connectivity index (χ3v) is 4.11. The van der Waals surface area contributed by atoms with Gasteiger partial charge in [0, 0.05) is 15.7 Å². The van der Waals surface area contributed by atoms with Gasteiger partial charge in [0.25, 0.3) is 5.91 Å². The van der Waals surface area contributed by atoms with Crippen LogP contribution in [0.2, 0.25) is 0 Å². The van der Waals surface area contributed by atoms with Crippen molar-refractivity contribution in [2.45, 2.75) is 13.1 Å². The Bertz CT molecular complexity index is 802. The minimum atomic E-state index is -0.0703.